The van der Waals surface area contributed by atoms with Gasteiger partial charge in [-0.25, -0.2) is 14.1 Å². The molecule has 0 aliphatic carbocycles. The van der Waals surface area contributed by atoms with Gasteiger partial charge < -0.3 is 9.84 Å². The van der Waals surface area contributed by atoms with Crippen molar-refractivity contribution in [3.8, 4) is 5.75 Å². The molecule has 3 aromatic carbocycles. The van der Waals surface area contributed by atoms with Crippen molar-refractivity contribution in [2.45, 2.75) is 6.61 Å². The predicted molar refractivity (Wildman–Crippen MR) is 127 cm³/mol. The van der Waals surface area contributed by atoms with Crippen molar-refractivity contribution in [3.63, 3.8) is 0 Å². The largest absolute Gasteiger partial charge is 0.489 e. The topological polar surface area (TPSA) is 95.9 Å². The van der Waals surface area contributed by atoms with E-state index in [1.807, 2.05) is 0 Å². The third kappa shape index (κ3) is 4.84. The van der Waals surface area contributed by atoms with Crippen LogP contribution in [0.3, 0.4) is 0 Å². The summed E-state index contributed by atoms with van der Waals surface area (Å²) in [7, 11) is 0. The van der Waals surface area contributed by atoms with Crippen LogP contribution in [0.5, 0.6) is 5.75 Å². The molecule has 0 unspecified atom stereocenters. The lowest BCUT2D eigenvalue weighted by atomic mass is 10.1. The van der Waals surface area contributed by atoms with Gasteiger partial charge in [0.15, 0.2) is 5.11 Å². The maximum absolute atomic E-state index is 14.2. The van der Waals surface area contributed by atoms with Gasteiger partial charge in [-0.2, -0.15) is 0 Å². The zero-order chi connectivity index (χ0) is 24.2. The molecule has 1 aliphatic rings. The van der Waals surface area contributed by atoms with Gasteiger partial charge in [0.1, 0.15) is 23.7 Å². The van der Waals surface area contributed by atoms with Gasteiger partial charge in [-0.05, 0) is 65.8 Å². The molecule has 9 heteroatoms. The lowest BCUT2D eigenvalue weighted by Gasteiger charge is -2.29. The maximum atomic E-state index is 14.2. The van der Waals surface area contributed by atoms with Crippen LogP contribution in [0.15, 0.2) is 78.4 Å². The fourth-order valence-corrected chi connectivity index (χ4v) is 3.52. The van der Waals surface area contributed by atoms with Crippen LogP contribution in [0.2, 0.25) is 0 Å². The minimum Gasteiger partial charge on any atom is -0.489 e. The number of para-hydroxylation sites is 1. The lowest BCUT2D eigenvalue weighted by molar-refractivity contribution is -0.122. The number of aromatic carboxylic acids is 1. The second-order valence-electron chi connectivity index (χ2n) is 7.27. The van der Waals surface area contributed by atoms with Crippen LogP contribution in [0, 0.1) is 5.82 Å². The van der Waals surface area contributed by atoms with Gasteiger partial charge in [0.2, 0.25) is 0 Å². The molecule has 0 radical (unpaired) electrons. The molecule has 1 saturated heterocycles. The van der Waals surface area contributed by atoms with E-state index >= 15 is 0 Å². The molecule has 0 bridgehead atoms. The minimum absolute atomic E-state index is 0.0523. The molecule has 34 heavy (non-hydrogen) atoms. The second kappa shape index (κ2) is 9.63. The monoisotopic (exact) mass is 476 g/mol. The molecule has 2 amide bonds. The van der Waals surface area contributed by atoms with Crippen LogP contribution in [-0.4, -0.2) is 28.0 Å². The normalized spacial score (nSPS) is 14.8. The van der Waals surface area contributed by atoms with Gasteiger partial charge in [0, 0.05) is 0 Å². The third-order valence-electron chi connectivity index (χ3n) is 4.99. The molecule has 0 aromatic heterocycles. The molecule has 1 aliphatic heterocycles. The Kier molecular flexibility index (Phi) is 6.46. The van der Waals surface area contributed by atoms with Crippen LogP contribution >= 0.6 is 12.2 Å². The quantitative estimate of drug-likeness (QED) is 0.318. The number of benzene rings is 3. The fourth-order valence-electron chi connectivity index (χ4n) is 3.25. The van der Waals surface area contributed by atoms with Gasteiger partial charge in [0.05, 0.1) is 11.3 Å². The van der Waals surface area contributed by atoms with E-state index in [1.165, 1.54) is 36.4 Å². The molecule has 1 fully saturated rings. The number of hydrogen-bond acceptors (Lipinski definition) is 5. The van der Waals surface area contributed by atoms with Crippen LogP contribution < -0.4 is 15.0 Å². The summed E-state index contributed by atoms with van der Waals surface area (Å²) in [5.41, 5.74) is 1.30. The molecule has 170 valence electrons. The Bertz CT molecular complexity index is 1320. The second-order valence-corrected chi connectivity index (χ2v) is 7.66. The molecule has 7 nitrogen and oxygen atoms in total. The number of thiocarbonyl (C=S) groups is 1. The van der Waals surface area contributed by atoms with Crippen LogP contribution in [0.1, 0.15) is 21.5 Å². The van der Waals surface area contributed by atoms with E-state index in [0.717, 1.165) is 10.5 Å². The highest BCUT2D eigenvalue weighted by Gasteiger charge is 2.35. The van der Waals surface area contributed by atoms with Crippen molar-refractivity contribution in [3.05, 3.63) is 101 Å². The number of nitrogens with zero attached hydrogens (tertiary/aromatic N) is 1. The Balaban J connectivity index is 1.49. The Morgan fingerprint density at radius 3 is 2.35 bits per heavy atom. The predicted octanol–water partition coefficient (Wildman–Crippen LogP) is 3.93. The summed E-state index contributed by atoms with van der Waals surface area (Å²) in [6.07, 6.45) is 1.39. The third-order valence-corrected chi connectivity index (χ3v) is 5.28. The highest BCUT2D eigenvalue weighted by molar-refractivity contribution is 7.80. The van der Waals surface area contributed by atoms with E-state index in [1.54, 1.807) is 42.5 Å². The lowest BCUT2D eigenvalue weighted by Crippen LogP contribution is -2.54. The zero-order valence-electron chi connectivity index (χ0n) is 17.5. The molecule has 0 atom stereocenters. The molecular formula is C25H17FN2O5S. The summed E-state index contributed by atoms with van der Waals surface area (Å²) in [5, 5.41) is 11.2. The zero-order valence-corrected chi connectivity index (χ0v) is 18.3. The van der Waals surface area contributed by atoms with E-state index in [-0.39, 0.29) is 28.5 Å². The highest BCUT2D eigenvalue weighted by atomic mass is 32.1. The molecular weight excluding hydrogens is 459 g/mol. The van der Waals surface area contributed by atoms with E-state index in [9.17, 15) is 18.8 Å². The van der Waals surface area contributed by atoms with Gasteiger partial charge in [-0.15, -0.1) is 0 Å². The number of amides is 2. The van der Waals surface area contributed by atoms with Gasteiger partial charge >= 0.3 is 5.97 Å². The summed E-state index contributed by atoms with van der Waals surface area (Å²) in [5.74, 6) is -2.51. The molecule has 1 heterocycles. The summed E-state index contributed by atoms with van der Waals surface area (Å²) in [6.45, 7) is 0.232. The summed E-state index contributed by atoms with van der Waals surface area (Å²) < 4.78 is 19.9. The number of carbonyl (C=O) groups excluding carboxylic acids is 2. The van der Waals surface area contributed by atoms with Crippen LogP contribution in [0.4, 0.5) is 10.1 Å². The van der Waals surface area contributed by atoms with Crippen molar-refractivity contribution in [1.82, 2.24) is 5.32 Å². The van der Waals surface area contributed by atoms with Gasteiger partial charge in [-0.3, -0.25) is 14.9 Å². The number of halogens is 1. The average molecular weight is 476 g/mol. The molecule has 0 saturated carbocycles. The first-order chi connectivity index (χ1) is 16.3. The van der Waals surface area contributed by atoms with Crippen molar-refractivity contribution in [2.24, 2.45) is 0 Å². The summed E-state index contributed by atoms with van der Waals surface area (Å²) in [4.78, 5) is 37.3. The number of carboxylic acid groups (broad SMARTS) is 1. The Hall–Kier alpha value is -4.37. The smallest absolute Gasteiger partial charge is 0.335 e. The first-order valence-corrected chi connectivity index (χ1v) is 10.5. The van der Waals surface area contributed by atoms with Crippen molar-refractivity contribution in [2.75, 3.05) is 4.90 Å². The van der Waals surface area contributed by atoms with Crippen molar-refractivity contribution >= 4 is 46.9 Å². The Labute approximate surface area is 199 Å². The van der Waals surface area contributed by atoms with Crippen molar-refractivity contribution in [1.29, 1.82) is 0 Å². The number of carboxylic acids is 1. The van der Waals surface area contributed by atoms with Crippen molar-refractivity contribution < 1.29 is 28.6 Å². The first kappa shape index (κ1) is 22.8. The number of anilines is 1. The highest BCUT2D eigenvalue weighted by Crippen LogP contribution is 2.25. The number of carbonyl (C=O) groups is 3. The SMILES string of the molecule is O=C1NC(=S)N(c2ccccc2F)C(=O)/C1=C\c1ccc(OCc2ccc(C(=O)O)cc2)cc1. The molecule has 3 aromatic rings. The fraction of sp³-hybridized carbons (Fsp3) is 0.0400. The summed E-state index contributed by atoms with van der Waals surface area (Å²) in [6, 6.07) is 18.6. The van der Waals surface area contributed by atoms with Crippen LogP contribution in [0.25, 0.3) is 6.08 Å². The van der Waals surface area contributed by atoms with E-state index in [0.29, 0.717) is 11.3 Å². The number of ether oxygens (including phenoxy) is 1. The van der Waals surface area contributed by atoms with Gasteiger partial charge in [-0.1, -0.05) is 36.4 Å². The van der Waals surface area contributed by atoms with Gasteiger partial charge in [0.25, 0.3) is 11.8 Å². The molecule has 0 spiro atoms. The number of hydrogen-bond donors (Lipinski definition) is 2. The minimum atomic E-state index is -0.999. The molecule has 4 rings (SSSR count). The standard InChI is InChI=1S/C25H17FN2O5S/c26-20-3-1-2-4-21(20)28-23(30)19(22(29)27-25(28)34)13-15-7-11-18(12-8-15)33-14-16-5-9-17(10-6-16)24(31)32/h1-13H,14H2,(H,31,32)(H,27,29,34)/b19-13-. The van der Waals surface area contributed by atoms with E-state index in [2.05, 4.69) is 5.32 Å². The first-order valence-electron chi connectivity index (χ1n) is 10.0. The maximum Gasteiger partial charge on any atom is 0.335 e. The number of rotatable bonds is 6. The Morgan fingerprint density at radius 1 is 1.03 bits per heavy atom. The van der Waals surface area contributed by atoms with E-state index < -0.39 is 23.6 Å². The Morgan fingerprint density at radius 2 is 1.71 bits per heavy atom. The molecule has 2 N–H and O–H groups in total. The number of nitrogens with one attached hydrogen (secondary N) is 1. The van der Waals surface area contributed by atoms with Crippen LogP contribution in [-0.2, 0) is 16.2 Å². The summed E-state index contributed by atoms with van der Waals surface area (Å²) >= 11 is 5.08. The average Bonchev–Trinajstić information content (AvgIpc) is 2.82. The van der Waals surface area contributed by atoms with E-state index in [4.69, 9.17) is 22.1 Å².